The first-order valence-electron chi connectivity index (χ1n) is 6.99. The van der Waals surface area contributed by atoms with E-state index in [-0.39, 0.29) is 18.6 Å². The second-order valence-corrected chi connectivity index (χ2v) is 5.15. The number of urea groups is 1. The zero-order valence-corrected chi connectivity index (χ0v) is 11.8. The van der Waals surface area contributed by atoms with Gasteiger partial charge in [-0.2, -0.15) is 0 Å². The second-order valence-electron chi connectivity index (χ2n) is 5.15. The molecule has 0 unspecified atom stereocenters. The maximum atomic E-state index is 12.1. The second kappa shape index (κ2) is 7.14. The number of ether oxygens (including phenoxy) is 1. The third kappa shape index (κ3) is 3.87. The lowest BCUT2D eigenvalue weighted by Gasteiger charge is -2.31. The molecule has 1 aromatic rings. The van der Waals surface area contributed by atoms with Gasteiger partial charge in [-0.15, -0.1) is 0 Å². The molecule has 1 atom stereocenters. The van der Waals surface area contributed by atoms with E-state index in [4.69, 9.17) is 4.74 Å². The number of aliphatic hydroxyl groups is 1. The van der Waals surface area contributed by atoms with Gasteiger partial charge in [0.1, 0.15) is 5.75 Å². The number of carbonyl (C=O) groups is 1. The molecule has 2 N–H and O–H groups in total. The molecule has 5 nitrogen and oxygen atoms in total. The number of hydrogen-bond acceptors (Lipinski definition) is 3. The molecule has 1 fully saturated rings. The van der Waals surface area contributed by atoms with E-state index in [0.29, 0.717) is 13.1 Å². The number of nitrogens with zero attached hydrogens (tertiary/aromatic N) is 1. The van der Waals surface area contributed by atoms with Gasteiger partial charge in [0, 0.05) is 26.2 Å². The lowest BCUT2D eigenvalue weighted by molar-refractivity contribution is 0.129. The van der Waals surface area contributed by atoms with Crippen LogP contribution < -0.4 is 10.1 Å². The first-order chi connectivity index (χ1) is 9.72. The van der Waals surface area contributed by atoms with Gasteiger partial charge in [0.25, 0.3) is 0 Å². The van der Waals surface area contributed by atoms with Crippen LogP contribution in [0.2, 0.25) is 0 Å². The highest BCUT2D eigenvalue weighted by Crippen LogP contribution is 2.16. The summed E-state index contributed by atoms with van der Waals surface area (Å²) in [5.74, 6) is 1.00. The highest BCUT2D eigenvalue weighted by molar-refractivity contribution is 5.74. The maximum absolute atomic E-state index is 12.1. The predicted octanol–water partition coefficient (Wildman–Crippen LogP) is 1.61. The third-order valence-electron chi connectivity index (χ3n) is 3.64. The molecular weight excluding hydrogens is 256 g/mol. The first-order valence-corrected chi connectivity index (χ1v) is 6.99. The molecule has 0 aliphatic carbocycles. The van der Waals surface area contributed by atoms with Gasteiger partial charge in [-0.3, -0.25) is 0 Å². The number of nitrogens with one attached hydrogen (secondary N) is 1. The molecule has 20 heavy (non-hydrogen) atoms. The van der Waals surface area contributed by atoms with Crippen molar-refractivity contribution in [2.24, 2.45) is 5.92 Å². The van der Waals surface area contributed by atoms with Crippen molar-refractivity contribution in [3.8, 4) is 5.75 Å². The molecule has 2 amide bonds. The molecule has 1 saturated heterocycles. The van der Waals surface area contributed by atoms with Crippen molar-refractivity contribution in [3.05, 3.63) is 29.8 Å². The number of hydrogen-bond donors (Lipinski definition) is 2. The SMILES string of the molecule is COc1cccc(CNC(=O)N2CCC[C@@H](CO)C2)c1. The fourth-order valence-electron chi connectivity index (χ4n) is 2.47. The summed E-state index contributed by atoms with van der Waals surface area (Å²) in [4.78, 5) is 13.9. The molecule has 1 heterocycles. The number of likely N-dealkylation sites (tertiary alicyclic amines) is 1. The minimum Gasteiger partial charge on any atom is -0.497 e. The number of methoxy groups -OCH3 is 1. The van der Waals surface area contributed by atoms with E-state index in [1.165, 1.54) is 0 Å². The van der Waals surface area contributed by atoms with Gasteiger partial charge in [-0.25, -0.2) is 4.79 Å². The van der Waals surface area contributed by atoms with E-state index >= 15 is 0 Å². The number of benzene rings is 1. The first kappa shape index (κ1) is 14.7. The maximum Gasteiger partial charge on any atom is 0.317 e. The van der Waals surface area contributed by atoms with Crippen LogP contribution in [0.3, 0.4) is 0 Å². The number of rotatable bonds is 4. The summed E-state index contributed by atoms with van der Waals surface area (Å²) in [6.07, 6.45) is 1.95. The Morgan fingerprint density at radius 3 is 3.15 bits per heavy atom. The van der Waals surface area contributed by atoms with E-state index in [2.05, 4.69) is 5.32 Å². The Labute approximate surface area is 119 Å². The third-order valence-corrected chi connectivity index (χ3v) is 3.64. The molecule has 0 saturated carbocycles. The van der Waals surface area contributed by atoms with Crippen LogP contribution in [0, 0.1) is 5.92 Å². The van der Waals surface area contributed by atoms with E-state index in [0.717, 1.165) is 30.7 Å². The van der Waals surface area contributed by atoms with Gasteiger partial charge in [0.15, 0.2) is 0 Å². The summed E-state index contributed by atoms with van der Waals surface area (Å²) in [6, 6.07) is 7.58. The topological polar surface area (TPSA) is 61.8 Å². The molecule has 0 aromatic heterocycles. The lowest BCUT2D eigenvalue weighted by Crippen LogP contribution is -2.45. The monoisotopic (exact) mass is 278 g/mol. The molecule has 110 valence electrons. The van der Waals surface area contributed by atoms with Gasteiger partial charge in [0.2, 0.25) is 0 Å². The van der Waals surface area contributed by atoms with Crippen LogP contribution >= 0.6 is 0 Å². The van der Waals surface area contributed by atoms with Crippen molar-refractivity contribution in [1.29, 1.82) is 0 Å². The summed E-state index contributed by atoms with van der Waals surface area (Å²) >= 11 is 0. The largest absolute Gasteiger partial charge is 0.497 e. The van der Waals surface area contributed by atoms with Crippen molar-refractivity contribution in [2.75, 3.05) is 26.8 Å². The van der Waals surface area contributed by atoms with Gasteiger partial charge in [0.05, 0.1) is 7.11 Å². The summed E-state index contributed by atoms with van der Waals surface area (Å²) in [7, 11) is 1.63. The van der Waals surface area contributed by atoms with Gasteiger partial charge in [-0.1, -0.05) is 12.1 Å². The zero-order valence-electron chi connectivity index (χ0n) is 11.8. The standard InChI is InChI=1S/C15H22N2O3/c1-20-14-6-2-4-12(8-14)9-16-15(19)17-7-3-5-13(10-17)11-18/h2,4,6,8,13,18H,3,5,7,9-11H2,1H3,(H,16,19)/t13-/m1/s1. The molecule has 1 aromatic carbocycles. The summed E-state index contributed by atoms with van der Waals surface area (Å²) < 4.78 is 5.16. The van der Waals surface area contributed by atoms with Crippen LogP contribution in [0.4, 0.5) is 4.79 Å². The fourth-order valence-corrected chi connectivity index (χ4v) is 2.47. The van der Waals surface area contributed by atoms with Crippen LogP contribution in [0.15, 0.2) is 24.3 Å². The van der Waals surface area contributed by atoms with Gasteiger partial charge < -0.3 is 20.1 Å². The Bertz CT molecular complexity index is 450. The average molecular weight is 278 g/mol. The highest BCUT2D eigenvalue weighted by Gasteiger charge is 2.22. The summed E-state index contributed by atoms with van der Waals surface area (Å²) in [5, 5.41) is 12.1. The number of carbonyl (C=O) groups excluding carboxylic acids is 1. The molecule has 1 aliphatic heterocycles. The van der Waals surface area contributed by atoms with Crippen molar-refractivity contribution in [3.63, 3.8) is 0 Å². The van der Waals surface area contributed by atoms with E-state index in [1.807, 2.05) is 24.3 Å². The fraction of sp³-hybridized carbons (Fsp3) is 0.533. The molecule has 0 radical (unpaired) electrons. The Kier molecular flexibility index (Phi) is 5.24. The summed E-state index contributed by atoms with van der Waals surface area (Å²) in [5.41, 5.74) is 1.01. The zero-order chi connectivity index (χ0) is 14.4. The number of piperidine rings is 1. The van der Waals surface area contributed by atoms with E-state index in [1.54, 1.807) is 12.0 Å². The predicted molar refractivity (Wildman–Crippen MR) is 76.6 cm³/mol. The van der Waals surface area contributed by atoms with Crippen molar-refractivity contribution >= 4 is 6.03 Å². The van der Waals surface area contributed by atoms with Crippen LogP contribution in [0.1, 0.15) is 18.4 Å². The van der Waals surface area contributed by atoms with E-state index < -0.39 is 0 Å². The molecule has 0 spiro atoms. The van der Waals surface area contributed by atoms with Crippen molar-refractivity contribution in [1.82, 2.24) is 10.2 Å². The van der Waals surface area contributed by atoms with Crippen molar-refractivity contribution in [2.45, 2.75) is 19.4 Å². The Morgan fingerprint density at radius 2 is 2.40 bits per heavy atom. The highest BCUT2D eigenvalue weighted by atomic mass is 16.5. The molecule has 2 rings (SSSR count). The summed E-state index contributed by atoms with van der Waals surface area (Å²) in [6.45, 7) is 2.04. The number of amides is 2. The van der Waals surface area contributed by atoms with E-state index in [9.17, 15) is 9.90 Å². The minimum atomic E-state index is -0.0639. The quantitative estimate of drug-likeness (QED) is 0.879. The minimum absolute atomic E-state index is 0.0639. The van der Waals surface area contributed by atoms with Crippen molar-refractivity contribution < 1.29 is 14.6 Å². The normalized spacial score (nSPS) is 18.7. The Balaban J connectivity index is 1.85. The Hall–Kier alpha value is -1.75. The lowest BCUT2D eigenvalue weighted by atomic mass is 9.99. The smallest absolute Gasteiger partial charge is 0.317 e. The van der Waals surface area contributed by atoms with Crippen LogP contribution in [0.25, 0.3) is 0 Å². The number of aliphatic hydroxyl groups excluding tert-OH is 1. The van der Waals surface area contributed by atoms with Gasteiger partial charge >= 0.3 is 6.03 Å². The molecule has 5 heteroatoms. The Morgan fingerprint density at radius 1 is 1.55 bits per heavy atom. The van der Waals surface area contributed by atoms with Crippen LogP contribution in [-0.2, 0) is 6.54 Å². The molecule has 0 bridgehead atoms. The van der Waals surface area contributed by atoms with Crippen LogP contribution in [0.5, 0.6) is 5.75 Å². The van der Waals surface area contributed by atoms with Gasteiger partial charge in [-0.05, 0) is 36.5 Å². The molecule has 1 aliphatic rings. The molecular formula is C15H22N2O3. The average Bonchev–Trinajstić information content (AvgIpc) is 2.52. The van der Waals surface area contributed by atoms with Crippen LogP contribution in [-0.4, -0.2) is 42.8 Å².